The Morgan fingerprint density at radius 1 is 0.275 bits per heavy atom. The third-order valence-electron chi connectivity index (χ3n) is 18.0. The van der Waals surface area contributed by atoms with E-state index in [0.29, 0.717) is 32.1 Å². The van der Waals surface area contributed by atoms with Crippen molar-refractivity contribution in [2.24, 2.45) is 0 Å². The maximum absolute atomic E-state index is 13.1. The van der Waals surface area contributed by atoms with Gasteiger partial charge in [0.25, 0.3) is 0 Å². The third kappa shape index (κ3) is 75.0. The largest absolute Gasteiger partial charge is 0.472 e. The van der Waals surface area contributed by atoms with Gasteiger partial charge in [-0.25, -0.2) is 9.13 Å². The Kier molecular flexibility index (Phi) is 73.6. The number of rotatable bonds is 79. The number of allylic oxidation sites excluding steroid dienone is 10. The van der Waals surface area contributed by atoms with Crippen molar-refractivity contribution < 1.29 is 80.2 Å². The summed E-state index contributed by atoms with van der Waals surface area (Å²) in [6, 6.07) is 0. The van der Waals surface area contributed by atoms with Crippen LogP contribution in [0, 0.1) is 0 Å². The summed E-state index contributed by atoms with van der Waals surface area (Å²) in [6.45, 7) is 4.87. The van der Waals surface area contributed by atoms with Crippen LogP contribution in [0.5, 0.6) is 0 Å². The lowest BCUT2D eigenvalue weighted by atomic mass is 10.0. The molecule has 17 nitrogen and oxygen atoms in total. The van der Waals surface area contributed by atoms with Gasteiger partial charge in [0.15, 0.2) is 12.2 Å². The fraction of sp³-hybridized carbons (Fsp3) is 0.831. The van der Waals surface area contributed by atoms with Crippen LogP contribution < -0.4 is 0 Å². The molecule has 0 amide bonds. The van der Waals surface area contributed by atoms with E-state index in [4.69, 9.17) is 37.0 Å². The molecule has 3 N–H and O–H groups in total. The second kappa shape index (κ2) is 76.0. The summed E-state index contributed by atoms with van der Waals surface area (Å²) in [6.07, 6.45) is 76.2. The molecule has 596 valence electrons. The average molecular weight is 1480 g/mol. The van der Waals surface area contributed by atoms with Gasteiger partial charge in [-0.1, -0.05) is 332 Å². The fourth-order valence-electron chi connectivity index (χ4n) is 11.6. The van der Waals surface area contributed by atoms with Crippen molar-refractivity contribution in [1.29, 1.82) is 0 Å². The number of carbonyl (C=O) groups excluding carboxylic acids is 4. The maximum atomic E-state index is 13.1. The van der Waals surface area contributed by atoms with Crippen molar-refractivity contribution in [2.75, 3.05) is 39.6 Å². The number of unbranched alkanes of at least 4 members (excludes halogenated alkanes) is 43. The highest BCUT2D eigenvalue weighted by Crippen LogP contribution is 2.45. The molecule has 0 aromatic carbocycles. The highest BCUT2D eigenvalue weighted by atomic mass is 31.2. The molecular formula is C83H152O17P2. The molecule has 0 aliphatic rings. The van der Waals surface area contributed by atoms with Crippen LogP contribution in [0.2, 0.25) is 0 Å². The minimum absolute atomic E-state index is 0.0901. The van der Waals surface area contributed by atoms with E-state index in [1.807, 2.05) is 12.2 Å². The zero-order chi connectivity index (χ0) is 74.6. The molecule has 5 atom stereocenters. The van der Waals surface area contributed by atoms with Gasteiger partial charge in [-0.05, 0) is 89.9 Å². The topological polar surface area (TPSA) is 237 Å². The minimum Gasteiger partial charge on any atom is -0.462 e. The summed E-state index contributed by atoms with van der Waals surface area (Å²) in [7, 11) is -9.96. The highest BCUT2D eigenvalue weighted by Gasteiger charge is 2.30. The van der Waals surface area contributed by atoms with Gasteiger partial charge in [-0.2, -0.15) is 0 Å². The number of esters is 4. The molecule has 0 heterocycles. The standard InChI is InChI=1S/C83H152O17P2/c1-5-9-13-17-21-25-29-33-37-38-42-44-48-52-56-60-64-68-81(86)94-74-79(100-83(88)70-66-62-58-54-50-46-41-36-32-28-24-20-16-12-8-4)76-98-102(91,92)96-72-77(84)71-95-101(89,90)97-75-78(99-82(87)69-65-61-57-53-49-45-40-35-31-27-23-19-15-11-7-3)73-93-80(85)67-63-59-55-51-47-43-39-34-30-26-22-18-14-10-6-2/h21,25,33-34,37,39,42,44,52,56,77-79,84H,5-20,22-24,26-32,35-36,38,40-41,43,45-51,53-55,57-76H2,1-4H3,(H,89,90)(H,91,92)/b25-21-,37-33-,39-34-,44-42-,56-52-/t77-,78-,79-/m1/s1. The van der Waals surface area contributed by atoms with Crippen molar-refractivity contribution in [3.8, 4) is 0 Å². The van der Waals surface area contributed by atoms with E-state index in [0.717, 1.165) is 116 Å². The Labute approximate surface area is 622 Å². The number of phosphoric ester groups is 2. The summed E-state index contributed by atoms with van der Waals surface area (Å²) in [5, 5.41) is 10.6. The van der Waals surface area contributed by atoms with E-state index in [-0.39, 0.29) is 25.7 Å². The predicted molar refractivity (Wildman–Crippen MR) is 418 cm³/mol. The predicted octanol–water partition coefficient (Wildman–Crippen LogP) is 24.2. The van der Waals surface area contributed by atoms with Gasteiger partial charge < -0.3 is 33.8 Å². The SMILES string of the molecule is CCCCC/C=C\C/C=C\C/C=C\C/C=C\CCCC(=O)OC[C@H](COP(=O)(O)OC[C@H](O)COP(=O)(O)OC[C@@H](COC(=O)CCCCCCC/C=C\CCCCCCCC)OC(=O)CCCCCCCCCCCCCCCCC)OC(=O)CCCCCCCCCCCCCCCCC. The van der Waals surface area contributed by atoms with Crippen LogP contribution in [0.3, 0.4) is 0 Å². The molecule has 0 bridgehead atoms. The molecule has 0 aliphatic heterocycles. The van der Waals surface area contributed by atoms with Gasteiger partial charge in [0, 0.05) is 25.7 Å². The zero-order valence-corrected chi connectivity index (χ0v) is 67.1. The number of hydrogen-bond donors (Lipinski definition) is 3. The lowest BCUT2D eigenvalue weighted by Crippen LogP contribution is -2.30. The number of hydrogen-bond acceptors (Lipinski definition) is 15. The summed E-state index contributed by atoms with van der Waals surface area (Å²) in [5.41, 5.74) is 0. The van der Waals surface area contributed by atoms with Crippen molar-refractivity contribution >= 4 is 39.5 Å². The fourth-order valence-corrected chi connectivity index (χ4v) is 13.2. The normalized spacial score (nSPS) is 14.1. The first-order valence-electron chi connectivity index (χ1n) is 41.5. The lowest BCUT2D eigenvalue weighted by molar-refractivity contribution is -0.161. The Bertz CT molecular complexity index is 2170. The number of aliphatic hydroxyl groups is 1. The number of carbonyl (C=O) groups is 4. The van der Waals surface area contributed by atoms with Crippen molar-refractivity contribution in [3.63, 3.8) is 0 Å². The van der Waals surface area contributed by atoms with Crippen LogP contribution in [0.25, 0.3) is 0 Å². The van der Waals surface area contributed by atoms with Gasteiger partial charge in [0.05, 0.1) is 26.4 Å². The summed E-state index contributed by atoms with van der Waals surface area (Å²) >= 11 is 0. The van der Waals surface area contributed by atoms with Crippen LogP contribution in [0.1, 0.15) is 387 Å². The van der Waals surface area contributed by atoms with Crippen LogP contribution in [0.15, 0.2) is 60.8 Å². The summed E-state index contributed by atoms with van der Waals surface area (Å²) < 4.78 is 68.7. The second-order valence-corrected chi connectivity index (χ2v) is 31.0. The molecule has 0 rings (SSSR count). The first kappa shape index (κ1) is 98.8. The zero-order valence-electron chi connectivity index (χ0n) is 65.3. The van der Waals surface area contributed by atoms with Gasteiger partial charge in [-0.15, -0.1) is 0 Å². The van der Waals surface area contributed by atoms with Gasteiger partial charge >= 0.3 is 39.5 Å². The van der Waals surface area contributed by atoms with Crippen molar-refractivity contribution in [2.45, 2.75) is 406 Å². The number of aliphatic hydroxyl groups excluding tert-OH is 1. The van der Waals surface area contributed by atoms with Gasteiger partial charge in [0.1, 0.15) is 19.3 Å². The van der Waals surface area contributed by atoms with Gasteiger partial charge in [0.2, 0.25) is 0 Å². The van der Waals surface area contributed by atoms with E-state index in [9.17, 15) is 43.2 Å². The number of phosphoric acid groups is 2. The molecule has 2 unspecified atom stereocenters. The smallest absolute Gasteiger partial charge is 0.462 e. The Hall–Kier alpha value is -3.24. The van der Waals surface area contributed by atoms with Crippen molar-refractivity contribution in [3.05, 3.63) is 60.8 Å². The molecule has 0 aliphatic carbocycles. The Morgan fingerprint density at radius 3 is 0.804 bits per heavy atom. The molecule has 0 saturated heterocycles. The van der Waals surface area contributed by atoms with Crippen LogP contribution >= 0.6 is 15.6 Å². The molecule has 0 saturated carbocycles. The summed E-state index contributed by atoms with van der Waals surface area (Å²) in [5.74, 6) is -2.21. The second-order valence-electron chi connectivity index (χ2n) is 28.1. The Balaban J connectivity index is 5.37. The van der Waals surface area contributed by atoms with Crippen LogP contribution in [0.4, 0.5) is 0 Å². The molecule has 0 fully saturated rings. The first-order chi connectivity index (χ1) is 49.7. The first-order valence-corrected chi connectivity index (χ1v) is 44.5. The van der Waals surface area contributed by atoms with Crippen LogP contribution in [-0.2, 0) is 65.4 Å². The molecule has 0 aromatic heterocycles. The molecule has 0 radical (unpaired) electrons. The minimum atomic E-state index is -4.98. The molecule has 0 spiro atoms. The molecule has 0 aromatic rings. The van der Waals surface area contributed by atoms with E-state index in [1.54, 1.807) is 0 Å². The quantitative estimate of drug-likeness (QED) is 0.0169. The maximum Gasteiger partial charge on any atom is 0.472 e. The molecular weight excluding hydrogens is 1330 g/mol. The number of ether oxygens (including phenoxy) is 4. The summed E-state index contributed by atoms with van der Waals surface area (Å²) in [4.78, 5) is 73.1. The van der Waals surface area contributed by atoms with E-state index in [2.05, 4.69) is 76.3 Å². The van der Waals surface area contributed by atoms with E-state index >= 15 is 0 Å². The van der Waals surface area contributed by atoms with Crippen molar-refractivity contribution in [1.82, 2.24) is 0 Å². The Morgan fingerprint density at radius 2 is 0.490 bits per heavy atom. The highest BCUT2D eigenvalue weighted by molar-refractivity contribution is 7.47. The third-order valence-corrected chi connectivity index (χ3v) is 19.9. The van der Waals surface area contributed by atoms with E-state index in [1.165, 1.54) is 186 Å². The van der Waals surface area contributed by atoms with Crippen LogP contribution in [-0.4, -0.2) is 96.7 Å². The van der Waals surface area contributed by atoms with Gasteiger partial charge in [-0.3, -0.25) is 37.3 Å². The average Bonchev–Trinajstić information content (AvgIpc) is 0.923. The molecule has 102 heavy (non-hydrogen) atoms. The van der Waals surface area contributed by atoms with E-state index < -0.39 is 97.5 Å². The monoisotopic (exact) mass is 1480 g/mol. The molecule has 19 heteroatoms. The lowest BCUT2D eigenvalue weighted by Gasteiger charge is -2.21.